The maximum absolute atomic E-state index is 4.72. The van der Waals surface area contributed by atoms with Crippen LogP contribution in [0.2, 0.25) is 0 Å². The molecular formula is C14H30N4. The molecule has 4 nitrogen and oxygen atoms in total. The molecule has 18 heavy (non-hydrogen) atoms. The Morgan fingerprint density at radius 2 is 1.89 bits per heavy atom. The van der Waals surface area contributed by atoms with Crippen LogP contribution in [0.5, 0.6) is 0 Å². The average molecular weight is 254 g/mol. The predicted molar refractivity (Wildman–Crippen MR) is 79.2 cm³/mol. The molecule has 1 rings (SSSR count). The average Bonchev–Trinajstić information content (AvgIpc) is 2.90. The van der Waals surface area contributed by atoms with Crippen LogP contribution < -0.4 is 10.6 Å². The van der Waals surface area contributed by atoms with Gasteiger partial charge in [-0.25, -0.2) is 0 Å². The zero-order valence-electron chi connectivity index (χ0n) is 12.3. The Balaban J connectivity index is 2.44. The molecular weight excluding hydrogens is 224 g/mol. The van der Waals surface area contributed by atoms with E-state index in [0.29, 0.717) is 6.04 Å². The molecule has 0 aliphatic carbocycles. The van der Waals surface area contributed by atoms with Crippen LogP contribution in [0.3, 0.4) is 0 Å². The van der Waals surface area contributed by atoms with Gasteiger partial charge in [0.1, 0.15) is 0 Å². The minimum atomic E-state index is 0.615. The molecule has 0 saturated carbocycles. The molecule has 1 fully saturated rings. The number of aliphatic imine (C=N–C) groups is 1. The lowest BCUT2D eigenvalue weighted by atomic mass is 10.2. The molecule has 1 saturated heterocycles. The summed E-state index contributed by atoms with van der Waals surface area (Å²) in [4.78, 5) is 7.31. The van der Waals surface area contributed by atoms with E-state index < -0.39 is 0 Å². The number of rotatable bonds is 7. The fraction of sp³-hybridized carbons (Fsp3) is 0.929. The number of guanidine groups is 1. The van der Waals surface area contributed by atoms with E-state index in [-0.39, 0.29) is 0 Å². The van der Waals surface area contributed by atoms with E-state index >= 15 is 0 Å². The third-order valence-corrected chi connectivity index (χ3v) is 3.48. The summed E-state index contributed by atoms with van der Waals surface area (Å²) in [7, 11) is 0. The van der Waals surface area contributed by atoms with Crippen LogP contribution in [0.1, 0.15) is 46.5 Å². The number of hydrogen-bond acceptors (Lipinski definition) is 2. The lowest BCUT2D eigenvalue weighted by molar-refractivity contribution is 0.242. The Kier molecular flexibility index (Phi) is 7.81. The monoisotopic (exact) mass is 254 g/mol. The van der Waals surface area contributed by atoms with E-state index in [9.17, 15) is 0 Å². The molecule has 1 atom stereocenters. The van der Waals surface area contributed by atoms with Crippen molar-refractivity contribution < 1.29 is 0 Å². The molecule has 1 aliphatic heterocycles. The Hall–Kier alpha value is -0.770. The van der Waals surface area contributed by atoms with Gasteiger partial charge in [0.15, 0.2) is 5.96 Å². The number of likely N-dealkylation sites (tertiary alicyclic amines) is 1. The molecule has 0 aromatic heterocycles. The summed E-state index contributed by atoms with van der Waals surface area (Å²) in [6, 6.07) is 0.615. The minimum Gasteiger partial charge on any atom is -0.357 e. The quantitative estimate of drug-likeness (QED) is 0.538. The summed E-state index contributed by atoms with van der Waals surface area (Å²) >= 11 is 0. The van der Waals surface area contributed by atoms with Crippen molar-refractivity contribution in [2.24, 2.45) is 4.99 Å². The van der Waals surface area contributed by atoms with E-state index in [4.69, 9.17) is 4.99 Å². The van der Waals surface area contributed by atoms with Crippen LogP contribution in [0, 0.1) is 0 Å². The molecule has 1 aliphatic rings. The van der Waals surface area contributed by atoms with E-state index in [1.165, 1.54) is 32.4 Å². The second-order valence-electron chi connectivity index (χ2n) is 4.95. The number of nitrogens with zero attached hydrogens (tertiary/aromatic N) is 2. The Labute approximate surface area is 112 Å². The van der Waals surface area contributed by atoms with Crippen molar-refractivity contribution in [3.8, 4) is 0 Å². The maximum Gasteiger partial charge on any atom is 0.191 e. The van der Waals surface area contributed by atoms with Gasteiger partial charge in [-0.05, 0) is 45.7 Å². The van der Waals surface area contributed by atoms with Crippen LogP contribution in [0.4, 0.5) is 0 Å². The zero-order valence-corrected chi connectivity index (χ0v) is 12.3. The van der Waals surface area contributed by atoms with Crippen molar-refractivity contribution in [1.29, 1.82) is 0 Å². The molecule has 106 valence electrons. The van der Waals surface area contributed by atoms with Crippen LogP contribution in [-0.4, -0.2) is 49.6 Å². The standard InChI is InChI=1S/C14H30N4/c1-4-9-16-14(15-6-3)17-12-13(5-2)18-10-7-8-11-18/h13H,4-12H2,1-3H3,(H2,15,16,17). The summed E-state index contributed by atoms with van der Waals surface area (Å²) in [6.45, 7) is 11.9. The lowest BCUT2D eigenvalue weighted by Gasteiger charge is -2.25. The highest BCUT2D eigenvalue weighted by molar-refractivity contribution is 5.79. The first kappa shape index (κ1) is 15.3. The first-order valence-corrected chi connectivity index (χ1v) is 7.58. The van der Waals surface area contributed by atoms with Crippen molar-refractivity contribution in [2.75, 3.05) is 32.7 Å². The first-order chi connectivity index (χ1) is 8.81. The van der Waals surface area contributed by atoms with Gasteiger partial charge in [-0.15, -0.1) is 0 Å². The van der Waals surface area contributed by atoms with E-state index in [1.54, 1.807) is 0 Å². The zero-order chi connectivity index (χ0) is 13.2. The molecule has 0 bridgehead atoms. The summed E-state index contributed by atoms with van der Waals surface area (Å²) in [5.41, 5.74) is 0. The van der Waals surface area contributed by atoms with Gasteiger partial charge in [0.05, 0.1) is 6.54 Å². The first-order valence-electron chi connectivity index (χ1n) is 7.58. The Morgan fingerprint density at radius 3 is 2.44 bits per heavy atom. The summed E-state index contributed by atoms with van der Waals surface area (Å²) in [5, 5.41) is 6.67. The smallest absolute Gasteiger partial charge is 0.191 e. The molecule has 0 aromatic carbocycles. The van der Waals surface area contributed by atoms with Crippen molar-refractivity contribution in [2.45, 2.75) is 52.5 Å². The van der Waals surface area contributed by atoms with Gasteiger partial charge in [0.25, 0.3) is 0 Å². The Morgan fingerprint density at radius 1 is 1.17 bits per heavy atom. The summed E-state index contributed by atoms with van der Waals surface area (Å²) < 4.78 is 0. The highest BCUT2D eigenvalue weighted by Gasteiger charge is 2.19. The molecule has 0 amide bonds. The number of nitrogens with one attached hydrogen (secondary N) is 2. The normalized spacial score (nSPS) is 18.9. The van der Waals surface area contributed by atoms with Crippen LogP contribution >= 0.6 is 0 Å². The van der Waals surface area contributed by atoms with Crippen molar-refractivity contribution in [3.63, 3.8) is 0 Å². The van der Waals surface area contributed by atoms with Gasteiger partial charge in [-0.2, -0.15) is 0 Å². The fourth-order valence-electron chi connectivity index (χ4n) is 2.39. The van der Waals surface area contributed by atoms with Crippen LogP contribution in [-0.2, 0) is 0 Å². The molecule has 0 radical (unpaired) electrons. The summed E-state index contributed by atoms with van der Waals surface area (Å²) in [6.07, 6.45) is 5.03. The Bertz CT molecular complexity index is 234. The van der Waals surface area contributed by atoms with Crippen LogP contribution in [0.25, 0.3) is 0 Å². The van der Waals surface area contributed by atoms with Crippen molar-refractivity contribution >= 4 is 5.96 Å². The molecule has 4 heteroatoms. The molecule has 0 spiro atoms. The SMILES string of the molecule is CCCNC(=NCC(CC)N1CCCC1)NCC. The van der Waals surface area contributed by atoms with Gasteiger partial charge in [0.2, 0.25) is 0 Å². The van der Waals surface area contributed by atoms with Gasteiger partial charge >= 0.3 is 0 Å². The third-order valence-electron chi connectivity index (χ3n) is 3.48. The second kappa shape index (κ2) is 9.20. The molecule has 1 unspecified atom stereocenters. The van der Waals surface area contributed by atoms with E-state index in [1.807, 2.05) is 0 Å². The topological polar surface area (TPSA) is 39.7 Å². The van der Waals surface area contributed by atoms with Gasteiger partial charge < -0.3 is 10.6 Å². The molecule has 0 aromatic rings. The van der Waals surface area contributed by atoms with Gasteiger partial charge in [-0.3, -0.25) is 9.89 Å². The molecule has 1 heterocycles. The van der Waals surface area contributed by atoms with Crippen molar-refractivity contribution in [3.05, 3.63) is 0 Å². The number of hydrogen-bond donors (Lipinski definition) is 2. The predicted octanol–water partition coefficient (Wildman–Crippen LogP) is 1.83. The lowest BCUT2D eigenvalue weighted by Crippen LogP contribution is -2.40. The van der Waals surface area contributed by atoms with Crippen molar-refractivity contribution in [1.82, 2.24) is 15.5 Å². The highest BCUT2D eigenvalue weighted by Crippen LogP contribution is 2.14. The summed E-state index contributed by atoms with van der Waals surface area (Å²) in [5.74, 6) is 0.969. The van der Waals surface area contributed by atoms with Crippen LogP contribution in [0.15, 0.2) is 4.99 Å². The third kappa shape index (κ3) is 5.25. The van der Waals surface area contributed by atoms with Gasteiger partial charge in [0, 0.05) is 19.1 Å². The minimum absolute atomic E-state index is 0.615. The largest absolute Gasteiger partial charge is 0.357 e. The second-order valence-corrected chi connectivity index (χ2v) is 4.95. The highest BCUT2D eigenvalue weighted by atomic mass is 15.2. The maximum atomic E-state index is 4.72. The van der Waals surface area contributed by atoms with E-state index in [0.717, 1.165) is 32.0 Å². The van der Waals surface area contributed by atoms with E-state index in [2.05, 4.69) is 36.3 Å². The molecule has 2 N–H and O–H groups in total. The van der Waals surface area contributed by atoms with Gasteiger partial charge in [-0.1, -0.05) is 13.8 Å². The fourth-order valence-corrected chi connectivity index (χ4v) is 2.39.